The number of amides is 3. The van der Waals surface area contributed by atoms with Crippen LogP contribution in [0.3, 0.4) is 0 Å². The van der Waals surface area contributed by atoms with E-state index in [4.69, 9.17) is 10.8 Å². The molecule has 3 amide bonds. The van der Waals surface area contributed by atoms with Crippen molar-refractivity contribution in [2.75, 3.05) is 20.1 Å². The van der Waals surface area contributed by atoms with Crippen LogP contribution in [0.4, 0.5) is 4.79 Å². The Hall–Kier alpha value is -2.16. The van der Waals surface area contributed by atoms with Gasteiger partial charge in [-0.25, -0.2) is 9.78 Å². The van der Waals surface area contributed by atoms with Gasteiger partial charge >= 0.3 is 12.0 Å². The van der Waals surface area contributed by atoms with Gasteiger partial charge in [0, 0.05) is 11.9 Å². The van der Waals surface area contributed by atoms with Crippen LogP contribution < -0.4 is 5.73 Å². The van der Waals surface area contributed by atoms with Crippen LogP contribution >= 0.6 is 11.3 Å². The summed E-state index contributed by atoms with van der Waals surface area (Å²) in [5, 5.41) is 8.76. The van der Waals surface area contributed by atoms with Crippen molar-refractivity contribution in [1.82, 2.24) is 14.8 Å². The summed E-state index contributed by atoms with van der Waals surface area (Å²) in [6, 6.07) is -0.570. The third kappa shape index (κ3) is 4.50. The molecule has 0 aliphatic carbocycles. The Kier molecular flexibility index (Phi) is 5.44. The number of nitrogens with two attached hydrogens (primary N) is 1. The maximum Gasteiger partial charge on any atom is 0.323 e. The fraction of sp³-hybridized carbons (Fsp3) is 0.455. The van der Waals surface area contributed by atoms with Gasteiger partial charge in [-0.2, -0.15) is 0 Å². The predicted octanol–water partition coefficient (Wildman–Crippen LogP) is -0.125. The number of carbonyl (C=O) groups excluding carboxylic acids is 2. The third-order valence-electron chi connectivity index (χ3n) is 2.50. The van der Waals surface area contributed by atoms with Gasteiger partial charge in [0.05, 0.1) is 17.7 Å². The number of primary amides is 1. The quantitative estimate of drug-likeness (QED) is 0.759. The molecule has 0 atom stereocenters. The molecule has 0 unspecified atom stereocenters. The number of thiazole rings is 1. The number of hydrogen-bond acceptors (Lipinski definition) is 5. The maximum atomic E-state index is 12.1. The monoisotopic (exact) mass is 300 g/mol. The average molecular weight is 300 g/mol. The van der Waals surface area contributed by atoms with E-state index >= 15 is 0 Å². The molecule has 0 aliphatic rings. The molecule has 0 saturated carbocycles. The van der Waals surface area contributed by atoms with Crippen molar-refractivity contribution in [2.45, 2.75) is 13.5 Å². The first-order valence-corrected chi connectivity index (χ1v) is 6.58. The van der Waals surface area contributed by atoms with Crippen LogP contribution in [-0.4, -0.2) is 57.9 Å². The first kappa shape index (κ1) is 15.9. The number of carbonyl (C=O) groups is 3. The normalized spacial score (nSPS) is 10.1. The molecule has 0 bridgehead atoms. The SMILES string of the molecule is Cc1ncsc1CN(C)C(=O)N(CC(N)=O)CC(=O)O. The van der Waals surface area contributed by atoms with E-state index in [1.165, 1.54) is 23.3 Å². The van der Waals surface area contributed by atoms with Gasteiger partial charge in [0.1, 0.15) is 13.1 Å². The second kappa shape index (κ2) is 6.85. The molecule has 20 heavy (non-hydrogen) atoms. The largest absolute Gasteiger partial charge is 0.480 e. The Morgan fingerprint density at radius 1 is 1.40 bits per heavy atom. The molecule has 3 N–H and O–H groups in total. The van der Waals surface area contributed by atoms with Gasteiger partial charge < -0.3 is 20.6 Å². The second-order valence-electron chi connectivity index (χ2n) is 4.22. The number of nitrogens with zero attached hydrogens (tertiary/aromatic N) is 3. The zero-order chi connectivity index (χ0) is 15.3. The number of rotatable bonds is 6. The highest BCUT2D eigenvalue weighted by Crippen LogP contribution is 2.15. The average Bonchev–Trinajstić information content (AvgIpc) is 2.72. The molecule has 1 rings (SSSR count). The molecule has 8 nitrogen and oxygen atoms in total. The molecule has 0 aliphatic heterocycles. The Morgan fingerprint density at radius 3 is 2.50 bits per heavy atom. The smallest absolute Gasteiger partial charge is 0.323 e. The highest BCUT2D eigenvalue weighted by molar-refractivity contribution is 7.09. The van der Waals surface area contributed by atoms with Gasteiger partial charge in [0.15, 0.2) is 0 Å². The van der Waals surface area contributed by atoms with Crippen LogP contribution in [0, 0.1) is 6.92 Å². The van der Waals surface area contributed by atoms with Crippen molar-refractivity contribution in [3.8, 4) is 0 Å². The highest BCUT2D eigenvalue weighted by atomic mass is 32.1. The van der Waals surface area contributed by atoms with E-state index in [1.807, 2.05) is 6.92 Å². The van der Waals surface area contributed by atoms with E-state index in [1.54, 1.807) is 5.51 Å². The number of carboxylic acid groups (broad SMARTS) is 1. The van der Waals surface area contributed by atoms with Crippen molar-refractivity contribution in [1.29, 1.82) is 0 Å². The molecule has 1 heterocycles. The van der Waals surface area contributed by atoms with Crippen LogP contribution in [0.5, 0.6) is 0 Å². The number of hydrogen-bond donors (Lipinski definition) is 2. The second-order valence-corrected chi connectivity index (χ2v) is 5.16. The maximum absolute atomic E-state index is 12.1. The Labute approximate surface area is 119 Å². The van der Waals surface area contributed by atoms with Crippen LogP contribution in [0.1, 0.15) is 10.6 Å². The van der Waals surface area contributed by atoms with Crippen molar-refractivity contribution < 1.29 is 19.5 Å². The summed E-state index contributed by atoms with van der Waals surface area (Å²) < 4.78 is 0. The summed E-state index contributed by atoms with van der Waals surface area (Å²) >= 11 is 1.40. The fourth-order valence-corrected chi connectivity index (χ4v) is 2.37. The molecule has 1 aromatic heterocycles. The van der Waals surface area contributed by atoms with Crippen molar-refractivity contribution in [3.63, 3.8) is 0 Å². The van der Waals surface area contributed by atoms with Gasteiger partial charge in [-0.05, 0) is 6.92 Å². The highest BCUT2D eigenvalue weighted by Gasteiger charge is 2.22. The molecular formula is C11H16N4O4S. The summed E-state index contributed by atoms with van der Waals surface area (Å²) in [5.74, 6) is -1.97. The minimum atomic E-state index is -1.21. The van der Waals surface area contributed by atoms with Gasteiger partial charge in [0.25, 0.3) is 0 Å². The lowest BCUT2D eigenvalue weighted by Gasteiger charge is -2.25. The first-order valence-electron chi connectivity index (χ1n) is 5.70. The van der Waals surface area contributed by atoms with Crippen LogP contribution in [0.25, 0.3) is 0 Å². The Bertz CT molecular complexity index is 500. The summed E-state index contributed by atoms with van der Waals surface area (Å²) in [6.07, 6.45) is 0. The molecule has 0 aromatic carbocycles. The number of urea groups is 1. The van der Waals surface area contributed by atoms with Gasteiger partial charge in [-0.15, -0.1) is 11.3 Å². The minimum Gasteiger partial charge on any atom is -0.480 e. The number of aromatic nitrogens is 1. The van der Waals surface area contributed by atoms with Gasteiger partial charge in [0.2, 0.25) is 5.91 Å². The van der Waals surface area contributed by atoms with Crippen molar-refractivity contribution >= 4 is 29.2 Å². The van der Waals surface area contributed by atoms with E-state index in [0.29, 0.717) is 6.54 Å². The standard InChI is InChI=1S/C11H16N4O4S/c1-7-8(20-6-13-7)3-14(2)11(19)15(4-9(12)16)5-10(17)18/h6H,3-5H2,1-2H3,(H2,12,16)(H,17,18). The molecule has 0 spiro atoms. The van der Waals surface area contributed by atoms with Gasteiger partial charge in [-0.3, -0.25) is 9.59 Å². The predicted molar refractivity (Wildman–Crippen MR) is 72.1 cm³/mol. The molecule has 0 fully saturated rings. The summed E-state index contributed by atoms with van der Waals surface area (Å²) in [4.78, 5) is 40.9. The van der Waals surface area contributed by atoms with E-state index in [9.17, 15) is 14.4 Å². The lowest BCUT2D eigenvalue weighted by molar-refractivity contribution is -0.138. The first-order chi connectivity index (χ1) is 9.31. The summed E-state index contributed by atoms with van der Waals surface area (Å²) in [5.41, 5.74) is 7.50. The van der Waals surface area contributed by atoms with E-state index in [2.05, 4.69) is 4.98 Å². The number of carboxylic acids is 1. The molecule has 110 valence electrons. The summed E-state index contributed by atoms with van der Waals surface area (Å²) in [7, 11) is 1.53. The van der Waals surface area contributed by atoms with E-state index in [-0.39, 0.29) is 0 Å². The fourth-order valence-electron chi connectivity index (χ4n) is 1.54. The molecule has 1 aromatic rings. The van der Waals surface area contributed by atoms with Crippen LogP contribution in [0.2, 0.25) is 0 Å². The minimum absolute atomic E-state index is 0.296. The zero-order valence-electron chi connectivity index (χ0n) is 11.2. The van der Waals surface area contributed by atoms with Crippen LogP contribution in [0.15, 0.2) is 5.51 Å². The topological polar surface area (TPSA) is 117 Å². The van der Waals surface area contributed by atoms with Crippen molar-refractivity contribution in [3.05, 3.63) is 16.1 Å². The van der Waals surface area contributed by atoms with Gasteiger partial charge in [-0.1, -0.05) is 0 Å². The van der Waals surface area contributed by atoms with Crippen molar-refractivity contribution in [2.24, 2.45) is 5.73 Å². The summed E-state index contributed by atoms with van der Waals surface area (Å²) in [6.45, 7) is 1.11. The Morgan fingerprint density at radius 2 is 2.05 bits per heavy atom. The lowest BCUT2D eigenvalue weighted by Crippen LogP contribution is -2.47. The lowest BCUT2D eigenvalue weighted by atomic mass is 10.3. The molecule has 9 heteroatoms. The zero-order valence-corrected chi connectivity index (χ0v) is 12.0. The molecular weight excluding hydrogens is 284 g/mol. The van der Waals surface area contributed by atoms with E-state index < -0.39 is 31.0 Å². The number of aliphatic carboxylic acids is 1. The number of aryl methyl sites for hydroxylation is 1. The Balaban J connectivity index is 2.74. The van der Waals surface area contributed by atoms with E-state index in [0.717, 1.165) is 15.5 Å². The molecule has 0 radical (unpaired) electrons. The third-order valence-corrected chi connectivity index (χ3v) is 3.42. The van der Waals surface area contributed by atoms with Crippen LogP contribution in [-0.2, 0) is 16.1 Å². The molecule has 0 saturated heterocycles.